The Kier molecular flexibility index (Phi) is 5.79. The molecule has 0 aliphatic rings. The minimum Gasteiger partial charge on any atom is -0.478 e. The number of carbonyl (C=O) groups is 2. The van der Waals surface area contributed by atoms with Gasteiger partial charge in [-0.1, -0.05) is 12.1 Å². The molecule has 0 saturated heterocycles. The summed E-state index contributed by atoms with van der Waals surface area (Å²) in [5.41, 5.74) is -1.74. The Morgan fingerprint density at radius 3 is 1.38 bits per heavy atom. The molecule has 0 saturated carbocycles. The zero-order valence-electron chi connectivity index (χ0n) is 12.5. The van der Waals surface area contributed by atoms with Crippen LogP contribution in [0.25, 0.3) is 0 Å². The predicted molar refractivity (Wildman–Crippen MR) is 91.8 cm³/mol. The molecular weight excluding hydrogens is 388 g/mol. The Balaban J connectivity index is 2.53. The molecule has 2 rings (SSSR count). The third kappa shape index (κ3) is 3.92. The van der Waals surface area contributed by atoms with Gasteiger partial charge < -0.3 is 10.2 Å². The van der Waals surface area contributed by atoms with Crippen LogP contribution in [0.2, 0.25) is 0 Å². The summed E-state index contributed by atoms with van der Waals surface area (Å²) in [7, 11) is 1.15. The van der Waals surface area contributed by atoms with Gasteiger partial charge >= 0.3 is 11.9 Å². The zero-order valence-corrected chi connectivity index (χ0v) is 14.2. The van der Waals surface area contributed by atoms with Crippen LogP contribution in [0.15, 0.2) is 46.2 Å². The minimum absolute atomic E-state index is 0.246. The molecule has 0 aromatic heterocycles. The van der Waals surface area contributed by atoms with Crippen LogP contribution in [-0.2, 0) is 0 Å². The number of nitro benzene ring substituents is 2. The van der Waals surface area contributed by atoms with Crippen LogP contribution in [0.3, 0.4) is 0 Å². The van der Waals surface area contributed by atoms with E-state index in [-0.39, 0.29) is 20.9 Å². The first kappa shape index (κ1) is 19.2. The second kappa shape index (κ2) is 7.84. The van der Waals surface area contributed by atoms with Crippen molar-refractivity contribution in [2.45, 2.75) is 9.79 Å². The van der Waals surface area contributed by atoms with Crippen molar-refractivity contribution in [3.05, 3.63) is 67.8 Å². The third-order valence-corrected chi connectivity index (χ3v) is 5.58. The molecule has 26 heavy (non-hydrogen) atoms. The van der Waals surface area contributed by atoms with E-state index in [0.29, 0.717) is 21.6 Å². The first-order chi connectivity index (χ1) is 12.2. The van der Waals surface area contributed by atoms with E-state index in [1.54, 1.807) is 0 Å². The molecule has 12 heteroatoms. The quantitative estimate of drug-likeness (QED) is 0.401. The zero-order chi connectivity index (χ0) is 19.4. The van der Waals surface area contributed by atoms with Crippen molar-refractivity contribution < 1.29 is 29.6 Å². The Morgan fingerprint density at radius 1 is 0.769 bits per heavy atom. The van der Waals surface area contributed by atoms with E-state index in [4.69, 9.17) is 0 Å². The lowest BCUT2D eigenvalue weighted by Gasteiger charge is -2.08. The number of rotatable bonds is 7. The molecular formula is C14H8N2O8S2. The van der Waals surface area contributed by atoms with Crippen LogP contribution in [0.4, 0.5) is 11.4 Å². The summed E-state index contributed by atoms with van der Waals surface area (Å²) in [5.74, 6) is -2.84. The maximum Gasteiger partial charge on any atom is 0.337 e. The molecule has 2 aromatic carbocycles. The highest BCUT2D eigenvalue weighted by Crippen LogP contribution is 2.47. The van der Waals surface area contributed by atoms with E-state index < -0.39 is 33.2 Å². The van der Waals surface area contributed by atoms with Gasteiger partial charge in [-0.15, -0.1) is 0 Å². The minimum atomic E-state index is -1.42. The van der Waals surface area contributed by atoms with Gasteiger partial charge in [-0.05, 0) is 33.7 Å². The average molecular weight is 396 g/mol. The van der Waals surface area contributed by atoms with Crippen LogP contribution >= 0.6 is 21.6 Å². The van der Waals surface area contributed by atoms with Gasteiger partial charge in [0.25, 0.3) is 11.4 Å². The topological polar surface area (TPSA) is 161 Å². The molecule has 0 bridgehead atoms. The molecule has 0 spiro atoms. The summed E-state index contributed by atoms with van der Waals surface area (Å²) in [6.07, 6.45) is 0. The summed E-state index contributed by atoms with van der Waals surface area (Å²) in [6, 6.07) is 6.87. The molecule has 2 aromatic rings. The Labute approximate surface area is 152 Å². The lowest BCUT2D eigenvalue weighted by atomic mass is 10.2. The normalized spacial score (nSPS) is 10.3. The highest BCUT2D eigenvalue weighted by Gasteiger charge is 2.26. The molecule has 0 unspecified atom stereocenters. The second-order valence-electron chi connectivity index (χ2n) is 4.60. The van der Waals surface area contributed by atoms with Crippen LogP contribution in [0.5, 0.6) is 0 Å². The van der Waals surface area contributed by atoms with Gasteiger partial charge in [-0.2, -0.15) is 0 Å². The van der Waals surface area contributed by atoms with E-state index in [1.807, 2.05) is 0 Å². The Hall–Kier alpha value is -3.12. The summed E-state index contributed by atoms with van der Waals surface area (Å²) in [5, 5.41) is 40.7. The SMILES string of the molecule is O=C(O)c1cccc([N+](=O)[O-])c1SSc1c(C(=O)O)cccc1[N+](=O)[O-]. The van der Waals surface area contributed by atoms with Crippen LogP contribution in [0, 0.1) is 20.2 Å². The summed E-state index contributed by atoms with van der Waals surface area (Å²) >= 11 is 0. The highest BCUT2D eigenvalue weighted by molar-refractivity contribution is 8.76. The van der Waals surface area contributed by atoms with Crippen molar-refractivity contribution in [2.75, 3.05) is 0 Å². The average Bonchev–Trinajstić information content (AvgIpc) is 2.58. The van der Waals surface area contributed by atoms with Gasteiger partial charge in [0.05, 0.1) is 21.0 Å². The second-order valence-corrected chi connectivity index (χ2v) is 6.75. The molecule has 0 amide bonds. The predicted octanol–water partition coefficient (Wildman–Crippen LogP) is 3.70. The van der Waals surface area contributed by atoms with Gasteiger partial charge in [0.15, 0.2) is 0 Å². The number of hydrogen-bond donors (Lipinski definition) is 2. The molecule has 2 N–H and O–H groups in total. The van der Waals surface area contributed by atoms with Crippen molar-refractivity contribution in [3.63, 3.8) is 0 Å². The van der Waals surface area contributed by atoms with E-state index in [1.165, 1.54) is 12.1 Å². The van der Waals surface area contributed by atoms with Crippen molar-refractivity contribution in [1.29, 1.82) is 0 Å². The summed E-state index contributed by atoms with van der Waals surface area (Å²) in [6.45, 7) is 0. The van der Waals surface area contributed by atoms with Gasteiger partial charge in [-0.3, -0.25) is 20.2 Å². The smallest absolute Gasteiger partial charge is 0.337 e. The third-order valence-electron chi connectivity index (χ3n) is 3.05. The van der Waals surface area contributed by atoms with Gasteiger partial charge in [0.1, 0.15) is 9.79 Å². The highest BCUT2D eigenvalue weighted by atomic mass is 33.1. The first-order valence-electron chi connectivity index (χ1n) is 6.60. The summed E-state index contributed by atoms with van der Waals surface area (Å²) in [4.78, 5) is 42.9. The first-order valence-corrected chi connectivity index (χ1v) is 8.75. The van der Waals surface area contributed by atoms with Gasteiger partial charge in [-0.25, -0.2) is 9.59 Å². The lowest BCUT2D eigenvalue weighted by Crippen LogP contribution is -2.03. The van der Waals surface area contributed by atoms with Crippen molar-refractivity contribution in [3.8, 4) is 0 Å². The van der Waals surface area contributed by atoms with E-state index in [2.05, 4.69) is 0 Å². The van der Waals surface area contributed by atoms with E-state index in [9.17, 15) is 40.0 Å². The molecule has 0 heterocycles. The van der Waals surface area contributed by atoms with Gasteiger partial charge in [0, 0.05) is 12.1 Å². The van der Waals surface area contributed by atoms with E-state index >= 15 is 0 Å². The number of nitro groups is 2. The lowest BCUT2D eigenvalue weighted by molar-refractivity contribution is -0.388. The molecule has 10 nitrogen and oxygen atoms in total. The maximum absolute atomic E-state index is 11.3. The number of hydrogen-bond acceptors (Lipinski definition) is 8. The van der Waals surface area contributed by atoms with Crippen LogP contribution in [-0.4, -0.2) is 32.0 Å². The number of nitrogens with zero attached hydrogens (tertiary/aromatic N) is 2. The Morgan fingerprint density at radius 2 is 1.12 bits per heavy atom. The molecule has 0 radical (unpaired) electrons. The largest absolute Gasteiger partial charge is 0.478 e. The number of benzene rings is 2. The molecule has 134 valence electrons. The maximum atomic E-state index is 11.3. The fraction of sp³-hybridized carbons (Fsp3) is 0. The van der Waals surface area contributed by atoms with E-state index in [0.717, 1.165) is 24.3 Å². The van der Waals surface area contributed by atoms with Gasteiger partial charge in [0.2, 0.25) is 0 Å². The summed E-state index contributed by atoms with van der Waals surface area (Å²) < 4.78 is 0. The Bertz CT molecular complexity index is 791. The van der Waals surface area contributed by atoms with Crippen LogP contribution < -0.4 is 0 Å². The molecule has 0 aliphatic carbocycles. The van der Waals surface area contributed by atoms with Crippen molar-refractivity contribution in [1.82, 2.24) is 0 Å². The number of carboxylic acids is 2. The van der Waals surface area contributed by atoms with Crippen molar-refractivity contribution in [2.24, 2.45) is 0 Å². The molecule has 0 fully saturated rings. The van der Waals surface area contributed by atoms with Crippen LogP contribution in [0.1, 0.15) is 20.7 Å². The van der Waals surface area contributed by atoms with Crippen molar-refractivity contribution >= 4 is 44.9 Å². The fourth-order valence-corrected chi connectivity index (χ4v) is 4.60. The number of carboxylic acid groups (broad SMARTS) is 2. The molecule has 0 atom stereocenters. The monoisotopic (exact) mass is 396 g/mol. The standard InChI is InChI=1S/C14H8N2O8S2/c17-13(18)7-3-1-5-9(15(21)22)11(7)25-26-12-8(14(19)20)4-2-6-10(12)16(23)24/h1-6H,(H,17,18)(H,19,20). The fourth-order valence-electron chi connectivity index (χ4n) is 1.93. The molecule has 0 aliphatic heterocycles. The number of aromatic carboxylic acids is 2.